The molecule has 1 aromatic heterocycles. The largest absolute Gasteiger partial charge is 0.367 e. The van der Waals surface area contributed by atoms with Gasteiger partial charge < -0.3 is 5.32 Å². The molecule has 0 aliphatic heterocycles. The van der Waals surface area contributed by atoms with Gasteiger partial charge in [0.1, 0.15) is 11.6 Å². The zero-order valence-corrected chi connectivity index (χ0v) is 9.04. The van der Waals surface area contributed by atoms with E-state index in [1.165, 1.54) is 37.9 Å². The van der Waals surface area contributed by atoms with Crippen molar-refractivity contribution in [3.05, 3.63) is 24.1 Å². The van der Waals surface area contributed by atoms with Gasteiger partial charge >= 0.3 is 0 Å². The molecule has 1 aliphatic carbocycles. The Kier molecular flexibility index (Phi) is 3.19. The summed E-state index contributed by atoms with van der Waals surface area (Å²) in [5.74, 6) is 1.30. The van der Waals surface area contributed by atoms with Crippen LogP contribution < -0.4 is 5.32 Å². The number of pyridine rings is 1. The Hall–Kier alpha value is -1.12. The van der Waals surface area contributed by atoms with Crippen LogP contribution in [0.1, 0.15) is 32.6 Å². The third kappa shape index (κ3) is 2.91. The monoisotopic (exact) mass is 208 g/mol. The first-order chi connectivity index (χ1) is 7.24. The van der Waals surface area contributed by atoms with Crippen molar-refractivity contribution in [1.29, 1.82) is 0 Å². The van der Waals surface area contributed by atoms with Crippen molar-refractivity contribution in [3.63, 3.8) is 0 Å². The fourth-order valence-corrected chi connectivity index (χ4v) is 2.24. The molecule has 0 aromatic carbocycles. The van der Waals surface area contributed by atoms with Gasteiger partial charge in [0.2, 0.25) is 0 Å². The number of aromatic nitrogens is 1. The van der Waals surface area contributed by atoms with Gasteiger partial charge in [0.15, 0.2) is 0 Å². The second-order valence-electron chi connectivity index (χ2n) is 4.47. The highest BCUT2D eigenvalue weighted by Crippen LogP contribution is 2.25. The van der Waals surface area contributed by atoms with Crippen LogP contribution in [-0.4, -0.2) is 11.0 Å². The number of rotatable bonds is 2. The topological polar surface area (TPSA) is 24.9 Å². The third-order valence-corrected chi connectivity index (χ3v) is 3.02. The average Bonchev–Trinajstić information content (AvgIpc) is 2.22. The van der Waals surface area contributed by atoms with Gasteiger partial charge in [0, 0.05) is 6.04 Å². The van der Waals surface area contributed by atoms with Crippen LogP contribution in [0.3, 0.4) is 0 Å². The zero-order chi connectivity index (χ0) is 10.7. The summed E-state index contributed by atoms with van der Waals surface area (Å²) in [6.45, 7) is 2.28. The summed E-state index contributed by atoms with van der Waals surface area (Å²) >= 11 is 0. The van der Waals surface area contributed by atoms with Crippen molar-refractivity contribution in [2.75, 3.05) is 5.32 Å². The van der Waals surface area contributed by atoms with Crippen molar-refractivity contribution in [3.8, 4) is 0 Å². The molecule has 2 nitrogen and oxygen atoms in total. The molecule has 1 fully saturated rings. The molecular weight excluding hydrogens is 191 g/mol. The van der Waals surface area contributed by atoms with Gasteiger partial charge in [-0.2, -0.15) is 0 Å². The molecule has 1 saturated carbocycles. The lowest BCUT2D eigenvalue weighted by atomic mass is 9.87. The Labute approximate surface area is 89.9 Å². The summed E-state index contributed by atoms with van der Waals surface area (Å²) < 4.78 is 12.6. The normalized spacial score (nSPS) is 26.3. The number of halogens is 1. The summed E-state index contributed by atoms with van der Waals surface area (Å²) in [7, 11) is 0. The first-order valence-corrected chi connectivity index (χ1v) is 5.62. The van der Waals surface area contributed by atoms with Gasteiger partial charge in [0.05, 0.1) is 6.20 Å². The summed E-state index contributed by atoms with van der Waals surface area (Å²) in [6.07, 6.45) is 6.26. The molecule has 2 rings (SSSR count). The number of nitrogens with zero attached hydrogens (tertiary/aromatic N) is 1. The van der Waals surface area contributed by atoms with E-state index in [1.807, 2.05) is 0 Å². The van der Waals surface area contributed by atoms with Gasteiger partial charge in [-0.3, -0.25) is 0 Å². The standard InChI is InChI=1S/C12H17FN2/c1-9-3-2-4-11(7-9)15-12-6-5-10(13)8-14-12/h5-6,8-9,11H,2-4,7H2,1H3,(H,14,15). The molecule has 1 N–H and O–H groups in total. The molecular formula is C12H17FN2. The first-order valence-electron chi connectivity index (χ1n) is 5.62. The highest BCUT2D eigenvalue weighted by Gasteiger charge is 2.18. The van der Waals surface area contributed by atoms with Gasteiger partial charge in [0.25, 0.3) is 0 Å². The second-order valence-corrected chi connectivity index (χ2v) is 4.47. The predicted molar refractivity (Wildman–Crippen MR) is 59.2 cm³/mol. The van der Waals surface area contributed by atoms with Gasteiger partial charge in [-0.1, -0.05) is 19.8 Å². The molecule has 0 bridgehead atoms. The Morgan fingerprint density at radius 2 is 2.27 bits per heavy atom. The first kappa shape index (κ1) is 10.4. The van der Waals surface area contributed by atoms with Gasteiger partial charge in [-0.15, -0.1) is 0 Å². The fraction of sp³-hybridized carbons (Fsp3) is 0.583. The van der Waals surface area contributed by atoms with Crippen LogP contribution in [0.15, 0.2) is 18.3 Å². The summed E-state index contributed by atoms with van der Waals surface area (Å²) in [5.41, 5.74) is 0. The van der Waals surface area contributed by atoms with E-state index < -0.39 is 0 Å². The zero-order valence-electron chi connectivity index (χ0n) is 9.04. The van der Waals surface area contributed by atoms with Gasteiger partial charge in [-0.05, 0) is 30.9 Å². The summed E-state index contributed by atoms with van der Waals surface area (Å²) in [5, 5.41) is 3.36. The Morgan fingerprint density at radius 3 is 2.93 bits per heavy atom. The molecule has 0 amide bonds. The van der Waals surface area contributed by atoms with E-state index in [4.69, 9.17) is 0 Å². The summed E-state index contributed by atoms with van der Waals surface area (Å²) in [6, 6.07) is 3.66. The Balaban J connectivity index is 1.93. The van der Waals surface area contributed by atoms with E-state index >= 15 is 0 Å². The number of hydrogen-bond acceptors (Lipinski definition) is 2. The van der Waals surface area contributed by atoms with Crippen LogP contribution >= 0.6 is 0 Å². The van der Waals surface area contributed by atoms with Crippen LogP contribution in [0.4, 0.5) is 10.2 Å². The molecule has 0 radical (unpaired) electrons. The van der Waals surface area contributed by atoms with E-state index in [1.54, 1.807) is 6.07 Å². The van der Waals surface area contributed by atoms with E-state index in [9.17, 15) is 4.39 Å². The third-order valence-electron chi connectivity index (χ3n) is 3.02. The van der Waals surface area contributed by atoms with Crippen molar-refractivity contribution in [2.45, 2.75) is 38.6 Å². The van der Waals surface area contributed by atoms with E-state index in [2.05, 4.69) is 17.2 Å². The minimum atomic E-state index is -0.280. The molecule has 82 valence electrons. The fourth-order valence-electron chi connectivity index (χ4n) is 2.24. The van der Waals surface area contributed by atoms with E-state index in [0.29, 0.717) is 6.04 Å². The molecule has 1 aromatic rings. The van der Waals surface area contributed by atoms with Crippen LogP contribution in [0, 0.1) is 11.7 Å². The lowest BCUT2D eigenvalue weighted by Crippen LogP contribution is -2.26. The minimum absolute atomic E-state index is 0.280. The lowest BCUT2D eigenvalue weighted by molar-refractivity contribution is 0.358. The Bertz CT molecular complexity index is 310. The molecule has 15 heavy (non-hydrogen) atoms. The maximum absolute atomic E-state index is 12.6. The average molecular weight is 208 g/mol. The number of anilines is 1. The molecule has 1 heterocycles. The van der Waals surface area contributed by atoms with E-state index in [-0.39, 0.29) is 5.82 Å². The quantitative estimate of drug-likeness (QED) is 0.807. The molecule has 1 aliphatic rings. The smallest absolute Gasteiger partial charge is 0.141 e. The molecule has 0 saturated heterocycles. The highest BCUT2D eigenvalue weighted by molar-refractivity contribution is 5.34. The SMILES string of the molecule is CC1CCCC(Nc2ccc(F)cn2)C1. The van der Waals surface area contributed by atoms with Crippen LogP contribution in [0.5, 0.6) is 0 Å². The predicted octanol–water partition coefficient (Wildman–Crippen LogP) is 3.21. The highest BCUT2D eigenvalue weighted by atomic mass is 19.1. The number of nitrogens with one attached hydrogen (secondary N) is 1. The van der Waals surface area contributed by atoms with Crippen LogP contribution in [0.25, 0.3) is 0 Å². The number of hydrogen-bond donors (Lipinski definition) is 1. The molecule has 2 unspecified atom stereocenters. The lowest BCUT2D eigenvalue weighted by Gasteiger charge is -2.27. The minimum Gasteiger partial charge on any atom is -0.367 e. The Morgan fingerprint density at radius 1 is 1.40 bits per heavy atom. The van der Waals surface area contributed by atoms with Crippen molar-refractivity contribution >= 4 is 5.82 Å². The molecule has 2 atom stereocenters. The maximum Gasteiger partial charge on any atom is 0.141 e. The second kappa shape index (κ2) is 4.60. The van der Waals surface area contributed by atoms with E-state index in [0.717, 1.165) is 11.7 Å². The van der Waals surface area contributed by atoms with Gasteiger partial charge in [-0.25, -0.2) is 9.37 Å². The van der Waals surface area contributed by atoms with Crippen LogP contribution in [-0.2, 0) is 0 Å². The van der Waals surface area contributed by atoms with Crippen molar-refractivity contribution in [2.24, 2.45) is 5.92 Å². The van der Waals surface area contributed by atoms with Crippen LogP contribution in [0.2, 0.25) is 0 Å². The van der Waals surface area contributed by atoms with Crippen molar-refractivity contribution < 1.29 is 4.39 Å². The molecule has 3 heteroatoms. The molecule has 0 spiro atoms. The summed E-state index contributed by atoms with van der Waals surface area (Å²) in [4.78, 5) is 4.01. The van der Waals surface area contributed by atoms with Crippen molar-refractivity contribution in [1.82, 2.24) is 4.98 Å². The maximum atomic E-state index is 12.6.